The number of carbonyl (C=O) groups is 2. The molecule has 132 valence electrons. The van der Waals surface area contributed by atoms with E-state index in [1.54, 1.807) is 6.21 Å². The van der Waals surface area contributed by atoms with Gasteiger partial charge in [-0.05, 0) is 55.5 Å². The zero-order chi connectivity index (χ0) is 17.6. The van der Waals surface area contributed by atoms with Crippen LogP contribution < -0.4 is 10.1 Å². The molecule has 1 heterocycles. The summed E-state index contributed by atoms with van der Waals surface area (Å²) >= 11 is 1.08. The van der Waals surface area contributed by atoms with Gasteiger partial charge >= 0.3 is 5.97 Å². The van der Waals surface area contributed by atoms with E-state index in [-0.39, 0.29) is 12.3 Å². The van der Waals surface area contributed by atoms with E-state index in [4.69, 9.17) is 9.84 Å². The molecule has 1 aliphatic heterocycles. The number of rotatable bonds is 6. The molecule has 1 saturated carbocycles. The van der Waals surface area contributed by atoms with E-state index < -0.39 is 11.2 Å². The van der Waals surface area contributed by atoms with Crippen LogP contribution in [0.5, 0.6) is 5.75 Å². The van der Waals surface area contributed by atoms with Crippen LogP contribution >= 0.6 is 11.8 Å². The van der Waals surface area contributed by atoms with Crippen molar-refractivity contribution in [3.8, 4) is 5.75 Å². The van der Waals surface area contributed by atoms with E-state index in [0.29, 0.717) is 11.3 Å². The molecule has 2 fully saturated rings. The van der Waals surface area contributed by atoms with Gasteiger partial charge in [-0.15, -0.1) is 5.10 Å². The Kier molecular flexibility index (Phi) is 5.70. The van der Waals surface area contributed by atoms with Gasteiger partial charge in [0.2, 0.25) is 5.91 Å². The Labute approximate surface area is 149 Å². The van der Waals surface area contributed by atoms with Crippen LogP contribution in [0.4, 0.5) is 0 Å². The van der Waals surface area contributed by atoms with Crippen molar-refractivity contribution >= 4 is 35.0 Å². The van der Waals surface area contributed by atoms with Crippen LogP contribution in [0.3, 0.4) is 0 Å². The molecule has 0 aromatic heterocycles. The Hall–Kier alpha value is -2.35. The summed E-state index contributed by atoms with van der Waals surface area (Å²) in [6.45, 7) is 0. The molecule has 2 N–H and O–H groups in total. The molecule has 7 nitrogen and oxygen atoms in total. The molecule has 25 heavy (non-hydrogen) atoms. The van der Waals surface area contributed by atoms with E-state index in [0.717, 1.165) is 35.9 Å². The summed E-state index contributed by atoms with van der Waals surface area (Å²) in [7, 11) is 0. The molecule has 1 amide bonds. The van der Waals surface area contributed by atoms with Crippen LogP contribution in [0.1, 0.15) is 37.7 Å². The van der Waals surface area contributed by atoms with E-state index in [1.165, 1.54) is 12.8 Å². The SMILES string of the molecule is O=C(O)CC1SC(=NN=Cc2ccc(OC3CCCC3)cc2)NC1=O. The normalized spacial score (nSPS) is 22.6. The lowest BCUT2D eigenvalue weighted by atomic mass is 10.2. The van der Waals surface area contributed by atoms with Crippen molar-refractivity contribution in [2.75, 3.05) is 0 Å². The Bertz CT molecular complexity index is 696. The van der Waals surface area contributed by atoms with Crippen molar-refractivity contribution in [1.29, 1.82) is 0 Å². The highest BCUT2D eigenvalue weighted by Crippen LogP contribution is 2.24. The second-order valence-electron chi connectivity index (χ2n) is 5.94. The minimum Gasteiger partial charge on any atom is -0.490 e. The number of hydrogen-bond donors (Lipinski definition) is 2. The van der Waals surface area contributed by atoms with E-state index in [1.807, 2.05) is 24.3 Å². The van der Waals surface area contributed by atoms with Gasteiger partial charge in [0.15, 0.2) is 5.17 Å². The molecule has 8 heteroatoms. The summed E-state index contributed by atoms with van der Waals surface area (Å²) in [6.07, 6.45) is 6.37. The Morgan fingerprint density at radius 3 is 2.72 bits per heavy atom. The van der Waals surface area contributed by atoms with Gasteiger partial charge in [-0.2, -0.15) is 5.10 Å². The van der Waals surface area contributed by atoms with Crippen molar-refractivity contribution < 1.29 is 19.4 Å². The zero-order valence-electron chi connectivity index (χ0n) is 13.6. The first-order chi connectivity index (χ1) is 12.1. The molecule has 3 rings (SSSR count). The lowest BCUT2D eigenvalue weighted by Gasteiger charge is -2.12. The Morgan fingerprint density at radius 1 is 1.32 bits per heavy atom. The fraction of sp³-hybridized carbons (Fsp3) is 0.412. The predicted molar refractivity (Wildman–Crippen MR) is 96.1 cm³/mol. The van der Waals surface area contributed by atoms with Crippen molar-refractivity contribution in [3.63, 3.8) is 0 Å². The van der Waals surface area contributed by atoms with Gasteiger partial charge in [0.1, 0.15) is 11.0 Å². The minimum absolute atomic E-state index is 0.234. The highest BCUT2D eigenvalue weighted by Gasteiger charge is 2.32. The quantitative estimate of drug-likeness (QED) is 0.599. The number of ether oxygens (including phenoxy) is 1. The number of amidine groups is 1. The van der Waals surface area contributed by atoms with E-state index >= 15 is 0 Å². The number of nitrogens with zero attached hydrogens (tertiary/aromatic N) is 2. The summed E-state index contributed by atoms with van der Waals surface area (Å²) in [5.74, 6) is -0.516. The maximum atomic E-state index is 11.6. The molecular weight excluding hydrogens is 342 g/mol. The number of carbonyl (C=O) groups excluding carboxylic acids is 1. The van der Waals surface area contributed by atoms with Crippen LogP contribution in [0, 0.1) is 0 Å². The lowest BCUT2D eigenvalue weighted by Crippen LogP contribution is -2.26. The van der Waals surface area contributed by atoms with Gasteiger partial charge in [-0.25, -0.2) is 0 Å². The first-order valence-electron chi connectivity index (χ1n) is 8.17. The van der Waals surface area contributed by atoms with Crippen LogP contribution in [0.25, 0.3) is 0 Å². The monoisotopic (exact) mass is 361 g/mol. The molecule has 1 atom stereocenters. The second-order valence-corrected chi connectivity index (χ2v) is 7.13. The largest absolute Gasteiger partial charge is 0.490 e. The Morgan fingerprint density at radius 2 is 2.04 bits per heavy atom. The van der Waals surface area contributed by atoms with Crippen molar-refractivity contribution in [1.82, 2.24) is 5.32 Å². The van der Waals surface area contributed by atoms with Crippen molar-refractivity contribution in [3.05, 3.63) is 29.8 Å². The summed E-state index contributed by atoms with van der Waals surface area (Å²) in [6, 6.07) is 7.59. The van der Waals surface area contributed by atoms with Crippen LogP contribution in [-0.2, 0) is 9.59 Å². The van der Waals surface area contributed by atoms with Gasteiger partial charge in [-0.1, -0.05) is 11.8 Å². The van der Waals surface area contributed by atoms with Gasteiger partial charge in [0.05, 0.1) is 18.7 Å². The fourth-order valence-corrected chi connectivity index (χ4v) is 3.64. The number of carboxylic acids is 1. The molecule has 1 aromatic rings. The Balaban J connectivity index is 1.53. The number of aliphatic carboxylic acids is 1. The standard InChI is InChI=1S/C17H19N3O4S/c21-15(22)9-14-16(23)19-17(25-14)20-18-10-11-5-7-13(8-6-11)24-12-3-1-2-4-12/h5-8,10,12,14H,1-4,9H2,(H,21,22)(H,19,20,23). The molecule has 1 aromatic carbocycles. The zero-order valence-corrected chi connectivity index (χ0v) is 14.4. The summed E-state index contributed by atoms with van der Waals surface area (Å²) in [5.41, 5.74) is 0.861. The third-order valence-corrected chi connectivity index (χ3v) is 5.05. The lowest BCUT2D eigenvalue weighted by molar-refractivity contribution is -0.138. The summed E-state index contributed by atoms with van der Waals surface area (Å²) < 4.78 is 5.90. The average Bonchev–Trinajstić information content (AvgIpc) is 3.19. The number of benzene rings is 1. The fourth-order valence-electron chi connectivity index (χ4n) is 2.72. The third-order valence-electron chi connectivity index (χ3n) is 3.98. The second kappa shape index (κ2) is 8.15. The number of carboxylic acid groups (broad SMARTS) is 1. The maximum Gasteiger partial charge on any atom is 0.305 e. The summed E-state index contributed by atoms with van der Waals surface area (Å²) in [4.78, 5) is 22.3. The average molecular weight is 361 g/mol. The van der Waals surface area contributed by atoms with Crippen LogP contribution in [0.15, 0.2) is 34.5 Å². The predicted octanol–water partition coefficient (Wildman–Crippen LogP) is 2.40. The van der Waals surface area contributed by atoms with Gasteiger partial charge in [0.25, 0.3) is 0 Å². The van der Waals surface area contributed by atoms with Gasteiger partial charge in [-0.3, -0.25) is 9.59 Å². The first-order valence-corrected chi connectivity index (χ1v) is 9.05. The summed E-state index contributed by atoms with van der Waals surface area (Å²) in [5, 5.41) is 18.8. The number of amides is 1. The third kappa shape index (κ3) is 5.06. The van der Waals surface area contributed by atoms with Crippen LogP contribution in [-0.4, -0.2) is 39.7 Å². The highest BCUT2D eigenvalue weighted by atomic mass is 32.2. The molecule has 0 bridgehead atoms. The maximum absolute atomic E-state index is 11.6. The van der Waals surface area contributed by atoms with E-state index in [9.17, 15) is 9.59 Å². The van der Waals surface area contributed by atoms with Crippen molar-refractivity contribution in [2.24, 2.45) is 10.2 Å². The van der Waals surface area contributed by atoms with Crippen molar-refractivity contribution in [2.45, 2.75) is 43.5 Å². The molecule has 1 unspecified atom stereocenters. The molecule has 0 spiro atoms. The molecule has 2 aliphatic rings. The van der Waals surface area contributed by atoms with Gasteiger partial charge < -0.3 is 15.2 Å². The van der Waals surface area contributed by atoms with Crippen LogP contribution in [0.2, 0.25) is 0 Å². The minimum atomic E-state index is -1.02. The molecule has 1 aliphatic carbocycles. The molecule has 0 radical (unpaired) electrons. The number of hydrogen-bond acceptors (Lipinski definition) is 6. The van der Waals surface area contributed by atoms with Gasteiger partial charge in [0, 0.05) is 0 Å². The smallest absolute Gasteiger partial charge is 0.305 e. The molecule has 1 saturated heterocycles. The number of thioether (sulfide) groups is 1. The first kappa shape index (κ1) is 17.5. The highest BCUT2D eigenvalue weighted by molar-refractivity contribution is 8.15. The number of nitrogens with one attached hydrogen (secondary N) is 1. The van der Waals surface area contributed by atoms with E-state index in [2.05, 4.69) is 15.5 Å². The topological polar surface area (TPSA) is 100 Å². The molecular formula is C17H19N3O4S.